The highest BCUT2D eigenvalue weighted by Crippen LogP contribution is 2.02. The van der Waals surface area contributed by atoms with Gasteiger partial charge in [0.05, 0.1) is 6.54 Å². The lowest BCUT2D eigenvalue weighted by Gasteiger charge is -2.25. The molecule has 1 rings (SSSR count). The molecule has 1 aliphatic heterocycles. The van der Waals surface area contributed by atoms with E-state index < -0.39 is 0 Å². The highest BCUT2D eigenvalue weighted by Gasteiger charge is 2.23. The van der Waals surface area contributed by atoms with E-state index in [1.54, 1.807) is 7.05 Å². The fourth-order valence-corrected chi connectivity index (χ4v) is 0.835. The van der Waals surface area contributed by atoms with Crippen molar-refractivity contribution in [3.05, 3.63) is 0 Å². The summed E-state index contributed by atoms with van der Waals surface area (Å²) in [6.07, 6.45) is 0. The van der Waals surface area contributed by atoms with Crippen molar-refractivity contribution in [2.45, 2.75) is 0 Å². The van der Waals surface area contributed by atoms with Crippen LogP contribution in [0.15, 0.2) is 0 Å². The summed E-state index contributed by atoms with van der Waals surface area (Å²) in [5.41, 5.74) is 0. The number of hydrogen-bond acceptors (Lipinski definition) is 3. The Kier molecular flexibility index (Phi) is 2.19. The van der Waals surface area contributed by atoms with Crippen LogP contribution in [0.1, 0.15) is 0 Å². The molecule has 9 heavy (non-hydrogen) atoms. The smallest absolute Gasteiger partial charge is 0.152 e. The molecule has 3 nitrogen and oxygen atoms in total. The minimum atomic E-state index is 0.289. The molecule has 0 aromatic carbocycles. The molecule has 0 aromatic rings. The topological polar surface area (TPSA) is 41.1 Å². The van der Waals surface area contributed by atoms with Crippen LogP contribution >= 0.6 is 0 Å². The minimum absolute atomic E-state index is 0.289. The molecule has 0 bridgehead atoms. The molecular weight excluding hydrogens is 116 g/mol. The molecule has 0 unspecified atom stereocenters. The maximum atomic E-state index is 10.9. The van der Waals surface area contributed by atoms with Crippen molar-refractivity contribution >= 4 is 5.78 Å². The van der Waals surface area contributed by atoms with Gasteiger partial charge in [0.1, 0.15) is 0 Å². The highest BCUT2D eigenvalue weighted by molar-refractivity contribution is 5.84. The predicted octanol–water partition coefficient (Wildman–Crippen LogP) is -1.01. The van der Waals surface area contributed by atoms with Crippen molar-refractivity contribution in [2.75, 3.05) is 26.7 Å². The van der Waals surface area contributed by atoms with Gasteiger partial charge in [-0.15, -0.1) is 0 Å². The van der Waals surface area contributed by atoms with Crippen LogP contribution in [-0.2, 0) is 4.79 Å². The van der Waals surface area contributed by atoms with E-state index in [1.807, 2.05) is 0 Å². The molecular formula is C6H12N2O. The van der Waals surface area contributed by atoms with Gasteiger partial charge >= 0.3 is 0 Å². The van der Waals surface area contributed by atoms with Crippen LogP contribution in [0.5, 0.6) is 0 Å². The first-order valence-electron chi connectivity index (χ1n) is 3.22. The maximum absolute atomic E-state index is 10.9. The first kappa shape index (κ1) is 6.71. The number of nitrogens with one attached hydrogen (secondary N) is 2. The molecule has 0 spiro atoms. The largest absolute Gasteiger partial charge is 0.315 e. The summed E-state index contributed by atoms with van der Waals surface area (Å²) < 4.78 is 0. The fourth-order valence-electron chi connectivity index (χ4n) is 0.835. The molecule has 0 amide bonds. The van der Waals surface area contributed by atoms with Crippen molar-refractivity contribution in [2.24, 2.45) is 5.92 Å². The average Bonchev–Trinajstić information content (AvgIpc) is 1.60. The molecule has 0 aromatic heterocycles. The second kappa shape index (κ2) is 2.94. The van der Waals surface area contributed by atoms with E-state index >= 15 is 0 Å². The summed E-state index contributed by atoms with van der Waals surface area (Å²) >= 11 is 0. The van der Waals surface area contributed by atoms with Crippen LogP contribution < -0.4 is 10.6 Å². The van der Waals surface area contributed by atoms with Gasteiger partial charge in [0, 0.05) is 19.0 Å². The van der Waals surface area contributed by atoms with E-state index in [-0.39, 0.29) is 5.92 Å². The number of likely N-dealkylation sites (N-methyl/N-ethyl adjacent to an activating group) is 1. The standard InChI is InChI=1S/C6H12N2O/c1-7-4-6(9)5-2-8-3-5/h5,7-8H,2-4H2,1H3. The zero-order chi connectivity index (χ0) is 6.69. The monoisotopic (exact) mass is 128 g/mol. The molecule has 0 atom stereocenters. The average molecular weight is 128 g/mol. The van der Waals surface area contributed by atoms with Gasteiger partial charge in [-0.05, 0) is 7.05 Å². The van der Waals surface area contributed by atoms with Crippen LogP contribution in [-0.4, -0.2) is 32.5 Å². The second-order valence-corrected chi connectivity index (χ2v) is 2.35. The Bertz CT molecular complexity index is 110. The Hall–Kier alpha value is -0.410. The Labute approximate surface area is 54.8 Å². The number of carbonyl (C=O) groups excluding carboxylic acids is 1. The van der Waals surface area contributed by atoms with E-state index in [9.17, 15) is 4.79 Å². The molecule has 2 N–H and O–H groups in total. The van der Waals surface area contributed by atoms with Gasteiger partial charge in [0.15, 0.2) is 5.78 Å². The van der Waals surface area contributed by atoms with Gasteiger partial charge in [-0.2, -0.15) is 0 Å². The summed E-state index contributed by atoms with van der Waals surface area (Å²) in [4.78, 5) is 10.9. The van der Waals surface area contributed by atoms with Crippen LogP contribution in [0.25, 0.3) is 0 Å². The van der Waals surface area contributed by atoms with Crippen molar-refractivity contribution < 1.29 is 4.79 Å². The highest BCUT2D eigenvalue weighted by atomic mass is 16.1. The van der Waals surface area contributed by atoms with Crippen molar-refractivity contribution in [3.63, 3.8) is 0 Å². The summed E-state index contributed by atoms with van der Waals surface area (Å²) in [7, 11) is 1.80. The molecule has 0 aliphatic carbocycles. The predicted molar refractivity (Wildman–Crippen MR) is 35.3 cm³/mol. The summed E-state index contributed by atoms with van der Waals surface area (Å²) in [5.74, 6) is 0.619. The normalized spacial score (nSPS) is 19.2. The Balaban J connectivity index is 2.16. The van der Waals surface area contributed by atoms with Gasteiger partial charge in [-0.25, -0.2) is 0 Å². The first-order chi connectivity index (χ1) is 4.34. The van der Waals surface area contributed by atoms with Crippen LogP contribution in [0.4, 0.5) is 0 Å². The van der Waals surface area contributed by atoms with Crippen LogP contribution in [0.2, 0.25) is 0 Å². The van der Waals surface area contributed by atoms with Gasteiger partial charge in [0.2, 0.25) is 0 Å². The SMILES string of the molecule is CNCC(=O)C1CNC1. The van der Waals surface area contributed by atoms with Crippen LogP contribution in [0.3, 0.4) is 0 Å². The molecule has 52 valence electrons. The van der Waals surface area contributed by atoms with Gasteiger partial charge in [0.25, 0.3) is 0 Å². The van der Waals surface area contributed by atoms with Crippen molar-refractivity contribution in [1.82, 2.24) is 10.6 Å². The van der Waals surface area contributed by atoms with E-state index in [1.165, 1.54) is 0 Å². The number of rotatable bonds is 3. The molecule has 3 heteroatoms. The molecule has 1 heterocycles. The van der Waals surface area contributed by atoms with E-state index in [0.717, 1.165) is 13.1 Å². The minimum Gasteiger partial charge on any atom is -0.315 e. The number of carbonyl (C=O) groups is 1. The lowest BCUT2D eigenvalue weighted by Crippen LogP contribution is -2.48. The van der Waals surface area contributed by atoms with Crippen molar-refractivity contribution in [1.29, 1.82) is 0 Å². The van der Waals surface area contributed by atoms with Gasteiger partial charge < -0.3 is 10.6 Å². The number of Topliss-reactive ketones (excluding diaryl/α,β-unsaturated/α-hetero) is 1. The molecule has 0 radical (unpaired) electrons. The van der Waals surface area contributed by atoms with Gasteiger partial charge in [-0.3, -0.25) is 4.79 Å². The second-order valence-electron chi connectivity index (χ2n) is 2.35. The van der Waals surface area contributed by atoms with E-state index in [4.69, 9.17) is 0 Å². The molecule has 1 fully saturated rings. The third kappa shape index (κ3) is 1.50. The van der Waals surface area contributed by atoms with Crippen molar-refractivity contribution in [3.8, 4) is 0 Å². The third-order valence-corrected chi connectivity index (χ3v) is 1.59. The van der Waals surface area contributed by atoms with E-state index in [2.05, 4.69) is 10.6 Å². The molecule has 1 aliphatic rings. The zero-order valence-corrected chi connectivity index (χ0v) is 5.61. The third-order valence-electron chi connectivity index (χ3n) is 1.59. The Morgan fingerprint density at radius 2 is 2.44 bits per heavy atom. The van der Waals surface area contributed by atoms with E-state index in [0.29, 0.717) is 12.3 Å². The summed E-state index contributed by atoms with van der Waals surface area (Å²) in [6, 6.07) is 0. The Morgan fingerprint density at radius 3 is 2.78 bits per heavy atom. The number of hydrogen-bond donors (Lipinski definition) is 2. The molecule has 0 saturated carbocycles. The zero-order valence-electron chi connectivity index (χ0n) is 5.61. The molecule has 1 saturated heterocycles. The maximum Gasteiger partial charge on any atom is 0.152 e. The first-order valence-corrected chi connectivity index (χ1v) is 3.22. The quantitative estimate of drug-likeness (QED) is 0.512. The number of ketones is 1. The summed E-state index contributed by atoms with van der Waals surface area (Å²) in [6.45, 7) is 2.27. The van der Waals surface area contributed by atoms with Gasteiger partial charge in [-0.1, -0.05) is 0 Å². The Morgan fingerprint density at radius 1 is 1.78 bits per heavy atom. The summed E-state index contributed by atoms with van der Waals surface area (Å²) in [5, 5.41) is 5.89. The van der Waals surface area contributed by atoms with Crippen LogP contribution in [0, 0.1) is 5.92 Å². The fraction of sp³-hybridized carbons (Fsp3) is 0.833. The lowest BCUT2D eigenvalue weighted by molar-refractivity contribution is -0.123. The lowest BCUT2D eigenvalue weighted by atomic mass is 9.98.